The zero-order valence-corrected chi connectivity index (χ0v) is 7.11. The number of nitrogens with zero attached hydrogens (tertiary/aromatic N) is 2. The van der Waals surface area contributed by atoms with Crippen LogP contribution in [0.15, 0.2) is 12.3 Å². The molecular weight excluding hydrogens is 152 g/mol. The van der Waals surface area contributed by atoms with Crippen LogP contribution in [0, 0.1) is 12.3 Å². The Labute approximate surface area is 71.4 Å². The number of ketones is 1. The summed E-state index contributed by atoms with van der Waals surface area (Å²) in [6.07, 6.45) is 6.69. The van der Waals surface area contributed by atoms with Gasteiger partial charge in [-0.05, 0) is 25.8 Å². The van der Waals surface area contributed by atoms with E-state index in [-0.39, 0.29) is 11.8 Å². The van der Waals surface area contributed by atoms with Crippen LogP contribution in [0.5, 0.6) is 0 Å². The van der Waals surface area contributed by atoms with Crippen LogP contribution in [0.1, 0.15) is 30.4 Å². The quantitative estimate of drug-likeness (QED) is 0.373. The zero-order chi connectivity index (χ0) is 9.14. The largest absolute Gasteiger partial charge is 0.277 e. The Morgan fingerprint density at radius 2 is 2.42 bits per heavy atom. The van der Waals surface area contributed by atoms with Crippen molar-refractivity contribution < 1.29 is 4.79 Å². The van der Waals surface area contributed by atoms with Crippen LogP contribution in [0.3, 0.4) is 0 Å². The molecule has 0 aliphatic carbocycles. The topological polar surface area (TPSA) is 34.9 Å². The summed E-state index contributed by atoms with van der Waals surface area (Å²) in [6, 6.07) is 1.88. The third-order valence-corrected chi connectivity index (χ3v) is 1.50. The lowest BCUT2D eigenvalue weighted by molar-refractivity contribution is 0.105. The van der Waals surface area contributed by atoms with E-state index in [1.54, 1.807) is 16.9 Å². The highest BCUT2D eigenvalue weighted by Gasteiger charge is 2.06. The summed E-state index contributed by atoms with van der Waals surface area (Å²) in [7, 11) is 0. The Bertz CT molecular complexity index is 331. The average molecular weight is 162 g/mol. The van der Waals surface area contributed by atoms with Gasteiger partial charge >= 0.3 is 0 Å². The van der Waals surface area contributed by atoms with E-state index in [1.165, 1.54) is 0 Å². The van der Waals surface area contributed by atoms with Gasteiger partial charge in [0.25, 0.3) is 5.78 Å². The first kappa shape index (κ1) is 8.54. The molecular formula is C9H10N2O. The Balaban J connectivity index is 2.93. The Kier molecular flexibility index (Phi) is 2.29. The van der Waals surface area contributed by atoms with Gasteiger partial charge in [-0.2, -0.15) is 5.10 Å². The van der Waals surface area contributed by atoms with Crippen LogP contribution in [-0.4, -0.2) is 15.6 Å². The van der Waals surface area contributed by atoms with Gasteiger partial charge in [0, 0.05) is 12.2 Å². The summed E-state index contributed by atoms with van der Waals surface area (Å²) >= 11 is 0. The molecule has 0 N–H and O–H groups in total. The Hall–Kier alpha value is -1.56. The Morgan fingerprint density at radius 1 is 1.75 bits per heavy atom. The molecule has 3 heteroatoms. The highest BCUT2D eigenvalue weighted by molar-refractivity contribution is 6.07. The zero-order valence-electron chi connectivity index (χ0n) is 7.11. The molecule has 0 aromatic carbocycles. The lowest BCUT2D eigenvalue weighted by Gasteiger charge is -2.02. The molecule has 1 heterocycles. The van der Waals surface area contributed by atoms with Crippen molar-refractivity contribution in [2.75, 3.05) is 0 Å². The molecule has 0 radical (unpaired) electrons. The number of rotatable bonds is 2. The molecule has 12 heavy (non-hydrogen) atoms. The highest BCUT2D eigenvalue weighted by atomic mass is 16.1. The van der Waals surface area contributed by atoms with Gasteiger partial charge < -0.3 is 0 Å². The minimum Gasteiger partial charge on any atom is -0.277 e. The number of hydrogen-bond donors (Lipinski definition) is 0. The van der Waals surface area contributed by atoms with E-state index in [1.807, 2.05) is 19.8 Å². The summed E-state index contributed by atoms with van der Waals surface area (Å²) in [6.45, 7) is 3.97. The number of carbonyl (C=O) groups is 1. The van der Waals surface area contributed by atoms with E-state index in [0.29, 0.717) is 5.69 Å². The molecule has 0 atom stereocenters. The fourth-order valence-corrected chi connectivity index (χ4v) is 0.821. The van der Waals surface area contributed by atoms with Gasteiger partial charge in [-0.15, -0.1) is 6.42 Å². The molecule has 1 aromatic heterocycles. The van der Waals surface area contributed by atoms with E-state index in [2.05, 4.69) is 5.10 Å². The number of aromatic nitrogens is 2. The van der Waals surface area contributed by atoms with E-state index in [4.69, 9.17) is 6.42 Å². The van der Waals surface area contributed by atoms with Crippen molar-refractivity contribution in [1.82, 2.24) is 9.78 Å². The maximum absolute atomic E-state index is 10.9. The molecule has 0 saturated heterocycles. The van der Waals surface area contributed by atoms with Gasteiger partial charge in [-0.25, -0.2) is 0 Å². The van der Waals surface area contributed by atoms with E-state index >= 15 is 0 Å². The van der Waals surface area contributed by atoms with Crippen molar-refractivity contribution in [3.05, 3.63) is 18.0 Å². The van der Waals surface area contributed by atoms with Gasteiger partial charge in [0.2, 0.25) is 0 Å². The van der Waals surface area contributed by atoms with Crippen LogP contribution >= 0.6 is 0 Å². The third kappa shape index (κ3) is 1.54. The maximum atomic E-state index is 10.9. The summed E-state index contributed by atoms with van der Waals surface area (Å²) in [4.78, 5) is 10.9. The highest BCUT2D eigenvalue weighted by Crippen LogP contribution is 2.03. The van der Waals surface area contributed by atoms with Crippen LogP contribution in [-0.2, 0) is 0 Å². The van der Waals surface area contributed by atoms with Crippen LogP contribution < -0.4 is 0 Å². The first-order chi connectivity index (χ1) is 5.65. The maximum Gasteiger partial charge on any atom is 0.255 e. The fraction of sp³-hybridized carbons (Fsp3) is 0.333. The first-order valence-corrected chi connectivity index (χ1v) is 3.71. The van der Waals surface area contributed by atoms with Crippen LogP contribution in [0.2, 0.25) is 0 Å². The molecule has 0 bridgehead atoms. The van der Waals surface area contributed by atoms with E-state index in [9.17, 15) is 4.79 Å². The number of hydrogen-bond acceptors (Lipinski definition) is 2. The molecule has 1 rings (SSSR count). The summed E-state index contributed by atoms with van der Waals surface area (Å²) < 4.78 is 1.70. The first-order valence-electron chi connectivity index (χ1n) is 3.71. The van der Waals surface area contributed by atoms with Crippen LogP contribution in [0.4, 0.5) is 0 Å². The predicted molar refractivity (Wildman–Crippen MR) is 45.8 cm³/mol. The SMILES string of the molecule is C#CC(=O)c1ccn(C(C)C)n1. The molecule has 0 spiro atoms. The molecule has 0 amide bonds. The van der Waals surface area contributed by atoms with Gasteiger partial charge in [-0.3, -0.25) is 9.48 Å². The molecule has 0 saturated carbocycles. The summed E-state index contributed by atoms with van der Waals surface area (Å²) in [5.74, 6) is 1.65. The fourth-order valence-electron chi connectivity index (χ4n) is 0.821. The third-order valence-electron chi connectivity index (χ3n) is 1.50. The van der Waals surface area contributed by atoms with Crippen LogP contribution in [0.25, 0.3) is 0 Å². The minimum absolute atomic E-state index is 0.254. The minimum atomic E-state index is -0.366. The van der Waals surface area contributed by atoms with Crippen molar-refractivity contribution >= 4 is 5.78 Å². The second kappa shape index (κ2) is 3.22. The van der Waals surface area contributed by atoms with Gasteiger partial charge in [0.15, 0.2) is 0 Å². The second-order valence-electron chi connectivity index (χ2n) is 2.75. The van der Waals surface area contributed by atoms with Gasteiger partial charge in [0.05, 0.1) is 0 Å². The second-order valence-corrected chi connectivity index (χ2v) is 2.75. The van der Waals surface area contributed by atoms with Gasteiger partial charge in [0.1, 0.15) is 5.69 Å². The molecule has 62 valence electrons. The molecule has 0 unspecified atom stereocenters. The molecule has 0 fully saturated rings. The lowest BCUT2D eigenvalue weighted by Crippen LogP contribution is -2.03. The van der Waals surface area contributed by atoms with E-state index < -0.39 is 0 Å². The van der Waals surface area contributed by atoms with Crippen molar-refractivity contribution in [1.29, 1.82) is 0 Å². The molecule has 1 aromatic rings. The standard InChI is InChI=1S/C9H10N2O/c1-4-9(12)8-5-6-11(10-8)7(2)3/h1,5-7H,2-3H3. The number of Topliss-reactive ketones (excluding diaryl/α,β-unsaturated/α-hetero) is 1. The lowest BCUT2D eigenvalue weighted by atomic mass is 10.3. The number of carbonyl (C=O) groups excluding carboxylic acids is 1. The van der Waals surface area contributed by atoms with Crippen molar-refractivity contribution in [3.63, 3.8) is 0 Å². The monoisotopic (exact) mass is 162 g/mol. The normalized spacial score (nSPS) is 9.83. The van der Waals surface area contributed by atoms with Crippen molar-refractivity contribution in [2.24, 2.45) is 0 Å². The Morgan fingerprint density at radius 3 is 2.83 bits per heavy atom. The summed E-state index contributed by atoms with van der Waals surface area (Å²) in [5, 5.41) is 4.01. The summed E-state index contributed by atoms with van der Waals surface area (Å²) in [5.41, 5.74) is 0.339. The molecule has 0 aliphatic heterocycles. The van der Waals surface area contributed by atoms with Gasteiger partial charge in [-0.1, -0.05) is 0 Å². The van der Waals surface area contributed by atoms with Crippen molar-refractivity contribution in [3.8, 4) is 12.3 Å². The smallest absolute Gasteiger partial charge is 0.255 e. The number of terminal acetylenes is 1. The van der Waals surface area contributed by atoms with E-state index in [0.717, 1.165) is 0 Å². The molecule has 0 aliphatic rings. The predicted octanol–water partition coefficient (Wildman–Crippen LogP) is 1.28. The molecule has 3 nitrogen and oxygen atoms in total. The average Bonchev–Trinajstić information content (AvgIpc) is 2.51. The van der Waals surface area contributed by atoms with Crippen molar-refractivity contribution in [2.45, 2.75) is 19.9 Å².